The number of halogens is 2. The van der Waals surface area contributed by atoms with Gasteiger partial charge in [0.05, 0.1) is 18.3 Å². The Morgan fingerprint density at radius 3 is 2.82 bits per heavy atom. The van der Waals surface area contributed by atoms with Gasteiger partial charge in [-0.15, -0.1) is 0 Å². The first-order chi connectivity index (χ1) is 18.4. The number of aromatic nitrogens is 3. The third-order valence-corrected chi connectivity index (χ3v) is 8.09. The number of aryl methyl sites for hydroxylation is 2. The van der Waals surface area contributed by atoms with Crippen LogP contribution in [0.5, 0.6) is 0 Å². The maximum atomic E-state index is 13.5. The van der Waals surface area contributed by atoms with Gasteiger partial charge in [-0.2, -0.15) is 0 Å². The lowest BCUT2D eigenvalue weighted by atomic mass is 9.95. The number of carbonyl (C=O) groups is 2. The topological polar surface area (TPSA) is 94.2 Å². The second-order valence-electron chi connectivity index (χ2n) is 9.90. The summed E-state index contributed by atoms with van der Waals surface area (Å²) in [4.78, 5) is 42.9. The van der Waals surface area contributed by atoms with Gasteiger partial charge in [-0.25, -0.2) is 4.98 Å². The number of H-pyrrole nitrogens is 1. The number of nitrogens with zero attached hydrogens (tertiary/aromatic N) is 4. The second kappa shape index (κ2) is 12.0. The van der Waals surface area contributed by atoms with E-state index in [0.717, 1.165) is 41.4 Å². The molecule has 1 aliphatic carbocycles. The van der Waals surface area contributed by atoms with Crippen LogP contribution in [-0.4, -0.2) is 62.2 Å². The number of imidazole rings is 1. The molecular weight excluding hydrogens is 568 g/mol. The zero-order valence-corrected chi connectivity index (χ0v) is 23.8. The lowest BCUT2D eigenvalue weighted by molar-refractivity contribution is -0.144. The Morgan fingerprint density at radius 2 is 2.03 bits per heavy atom. The van der Waals surface area contributed by atoms with Crippen LogP contribution in [0.2, 0.25) is 5.02 Å². The van der Waals surface area contributed by atoms with Gasteiger partial charge in [-0.05, 0) is 70.1 Å². The molecule has 8 nitrogen and oxygen atoms in total. The predicted molar refractivity (Wildman–Crippen MR) is 150 cm³/mol. The molecule has 2 amide bonds. The number of nitrogens with one attached hydrogen (secondary N) is 2. The third-order valence-electron chi connectivity index (χ3n) is 7.42. The molecule has 10 heteroatoms. The first-order valence-electron chi connectivity index (χ1n) is 13.2. The third kappa shape index (κ3) is 5.80. The van der Waals surface area contributed by atoms with Crippen molar-refractivity contribution >= 4 is 39.3 Å². The van der Waals surface area contributed by atoms with E-state index in [1.165, 1.54) is 11.1 Å². The largest absolute Gasteiger partial charge is 0.347 e. The SMILES string of the molecule is CCCCC(=O)N1CCN(C2c3ccc(Cl)cc3CCc3cc(Br)cnc32)CC1C(=O)NCc1ncc[nH]1. The number of amides is 2. The number of benzene rings is 1. The van der Waals surface area contributed by atoms with Crippen molar-refractivity contribution in [2.24, 2.45) is 0 Å². The highest BCUT2D eigenvalue weighted by atomic mass is 79.9. The summed E-state index contributed by atoms with van der Waals surface area (Å²) in [6, 6.07) is 7.45. The van der Waals surface area contributed by atoms with Gasteiger partial charge in [0.25, 0.3) is 0 Å². The van der Waals surface area contributed by atoms with E-state index < -0.39 is 6.04 Å². The van der Waals surface area contributed by atoms with E-state index in [0.29, 0.717) is 36.9 Å². The summed E-state index contributed by atoms with van der Waals surface area (Å²) in [5.41, 5.74) is 4.52. The summed E-state index contributed by atoms with van der Waals surface area (Å²) in [5.74, 6) is 0.526. The molecule has 1 fully saturated rings. The van der Waals surface area contributed by atoms with Crippen LogP contribution in [0.3, 0.4) is 0 Å². The fourth-order valence-electron chi connectivity index (χ4n) is 5.50. The Labute approximate surface area is 236 Å². The minimum absolute atomic E-state index is 0.0279. The van der Waals surface area contributed by atoms with E-state index in [9.17, 15) is 9.59 Å². The Bertz CT molecular complexity index is 1250. The number of piperazine rings is 1. The molecule has 3 aromatic rings. The van der Waals surface area contributed by atoms with Crippen molar-refractivity contribution in [3.8, 4) is 0 Å². The van der Waals surface area contributed by atoms with Crippen molar-refractivity contribution in [1.29, 1.82) is 0 Å². The van der Waals surface area contributed by atoms with E-state index in [-0.39, 0.29) is 24.4 Å². The Balaban J connectivity index is 1.47. The standard InChI is InChI=1S/C28H32BrClN6O2/c1-2-3-4-25(37)36-12-11-35(17-23(36)28(38)34-16-24-31-9-10-32-24)27-22-8-7-21(30)14-18(22)5-6-19-13-20(29)15-33-26(19)27/h7-10,13-15,23,27H,2-6,11-12,16-17H2,1H3,(H,31,32)(H,34,38). The molecule has 2 aromatic heterocycles. The van der Waals surface area contributed by atoms with Crippen LogP contribution in [-0.2, 0) is 29.0 Å². The van der Waals surface area contributed by atoms with Crippen molar-refractivity contribution in [3.63, 3.8) is 0 Å². The van der Waals surface area contributed by atoms with Crippen LogP contribution >= 0.6 is 27.5 Å². The fourth-order valence-corrected chi connectivity index (χ4v) is 6.07. The van der Waals surface area contributed by atoms with E-state index in [1.54, 1.807) is 17.3 Å². The van der Waals surface area contributed by atoms with Crippen LogP contribution in [0, 0.1) is 0 Å². The molecule has 0 radical (unpaired) electrons. The molecule has 3 heterocycles. The number of rotatable bonds is 7. The van der Waals surface area contributed by atoms with Gasteiger partial charge in [0.2, 0.25) is 11.8 Å². The Morgan fingerprint density at radius 1 is 1.18 bits per heavy atom. The summed E-state index contributed by atoms with van der Waals surface area (Å²) in [7, 11) is 0. The zero-order valence-electron chi connectivity index (χ0n) is 21.4. The summed E-state index contributed by atoms with van der Waals surface area (Å²) in [6.45, 7) is 3.88. The Kier molecular flexibility index (Phi) is 8.45. The smallest absolute Gasteiger partial charge is 0.244 e. The number of fused-ring (bicyclic) bond motifs is 2. The van der Waals surface area contributed by atoms with E-state index in [2.05, 4.69) is 55.2 Å². The second-order valence-corrected chi connectivity index (χ2v) is 11.3. The molecule has 2 N–H and O–H groups in total. The number of unbranched alkanes of at least 4 members (excludes halogenated alkanes) is 1. The summed E-state index contributed by atoms with van der Waals surface area (Å²) in [5, 5.41) is 3.70. The van der Waals surface area contributed by atoms with Crippen molar-refractivity contribution in [3.05, 3.63) is 80.6 Å². The van der Waals surface area contributed by atoms with E-state index >= 15 is 0 Å². The quantitative estimate of drug-likeness (QED) is 0.419. The predicted octanol–water partition coefficient (Wildman–Crippen LogP) is 4.43. The molecule has 38 heavy (non-hydrogen) atoms. The molecule has 1 saturated heterocycles. The number of carbonyl (C=O) groups excluding carboxylic acids is 2. The molecule has 200 valence electrons. The van der Waals surface area contributed by atoms with Crippen molar-refractivity contribution in [2.45, 2.75) is 57.7 Å². The van der Waals surface area contributed by atoms with Crippen molar-refractivity contribution < 1.29 is 9.59 Å². The monoisotopic (exact) mass is 598 g/mol. The van der Waals surface area contributed by atoms with Gasteiger partial charge in [-0.3, -0.25) is 19.5 Å². The Hall–Kier alpha value is -2.75. The minimum Gasteiger partial charge on any atom is -0.347 e. The number of hydrogen-bond donors (Lipinski definition) is 2. The lowest BCUT2D eigenvalue weighted by Crippen LogP contribution is -2.61. The molecular formula is C28H32BrClN6O2. The van der Waals surface area contributed by atoms with E-state index in [4.69, 9.17) is 16.6 Å². The highest BCUT2D eigenvalue weighted by molar-refractivity contribution is 9.10. The molecule has 0 saturated carbocycles. The molecule has 2 aliphatic rings. The molecule has 2 atom stereocenters. The molecule has 2 unspecified atom stereocenters. The van der Waals surface area contributed by atoms with Gasteiger partial charge in [-0.1, -0.05) is 31.0 Å². The van der Waals surface area contributed by atoms with Crippen LogP contribution < -0.4 is 5.32 Å². The first-order valence-corrected chi connectivity index (χ1v) is 14.3. The number of aromatic amines is 1. The highest BCUT2D eigenvalue weighted by Gasteiger charge is 2.40. The summed E-state index contributed by atoms with van der Waals surface area (Å²) < 4.78 is 0.945. The number of hydrogen-bond acceptors (Lipinski definition) is 5. The van der Waals surface area contributed by atoms with Crippen molar-refractivity contribution in [2.75, 3.05) is 19.6 Å². The van der Waals surface area contributed by atoms with Crippen molar-refractivity contribution in [1.82, 2.24) is 30.1 Å². The maximum absolute atomic E-state index is 13.5. The average Bonchev–Trinajstić information content (AvgIpc) is 3.39. The maximum Gasteiger partial charge on any atom is 0.244 e. The van der Waals surface area contributed by atoms with Crippen LogP contribution in [0.4, 0.5) is 0 Å². The summed E-state index contributed by atoms with van der Waals surface area (Å²) >= 11 is 9.98. The van der Waals surface area contributed by atoms with Gasteiger partial charge in [0, 0.05) is 54.1 Å². The fraction of sp³-hybridized carbons (Fsp3) is 0.429. The van der Waals surface area contributed by atoms with Gasteiger partial charge in [0.15, 0.2) is 0 Å². The van der Waals surface area contributed by atoms with E-state index in [1.807, 2.05) is 18.3 Å². The van der Waals surface area contributed by atoms with Gasteiger partial charge < -0.3 is 15.2 Å². The molecule has 0 bridgehead atoms. The highest BCUT2D eigenvalue weighted by Crippen LogP contribution is 2.38. The first kappa shape index (κ1) is 26.8. The van der Waals surface area contributed by atoms with Gasteiger partial charge in [0.1, 0.15) is 11.9 Å². The average molecular weight is 600 g/mol. The lowest BCUT2D eigenvalue weighted by Gasteiger charge is -2.44. The zero-order chi connectivity index (χ0) is 26.6. The molecule has 1 aromatic carbocycles. The van der Waals surface area contributed by atoms with Crippen LogP contribution in [0.25, 0.3) is 0 Å². The summed E-state index contributed by atoms with van der Waals surface area (Å²) in [6.07, 6.45) is 9.12. The number of pyridine rings is 1. The molecule has 1 aliphatic heterocycles. The molecule has 5 rings (SSSR count). The van der Waals surface area contributed by atoms with Crippen LogP contribution in [0.1, 0.15) is 60.4 Å². The molecule has 0 spiro atoms. The minimum atomic E-state index is -0.610. The normalized spacial score (nSPS) is 19.4. The van der Waals surface area contributed by atoms with Crippen LogP contribution in [0.15, 0.2) is 47.3 Å². The van der Waals surface area contributed by atoms with Gasteiger partial charge >= 0.3 is 0 Å².